The van der Waals surface area contributed by atoms with E-state index < -0.39 is 46.4 Å². The Morgan fingerprint density at radius 3 is 2.23 bits per heavy atom. The molecule has 2 heterocycles. The molecule has 39 heavy (non-hydrogen) atoms. The van der Waals surface area contributed by atoms with Crippen molar-refractivity contribution >= 4 is 35.1 Å². The highest BCUT2D eigenvalue weighted by Crippen LogP contribution is 2.44. The zero-order chi connectivity index (χ0) is 28.6. The molecule has 1 amide bonds. The summed E-state index contributed by atoms with van der Waals surface area (Å²) in [7, 11) is 0. The Labute approximate surface area is 233 Å². The van der Waals surface area contributed by atoms with Gasteiger partial charge in [0.15, 0.2) is 5.69 Å². The second-order valence-corrected chi connectivity index (χ2v) is 11.7. The fraction of sp³-hybridized carbons (Fsp3) is 0.615. The lowest BCUT2D eigenvalue weighted by molar-refractivity contribution is -0.152. The molecule has 4 rings (SSSR count). The Morgan fingerprint density at radius 2 is 1.69 bits per heavy atom. The number of halogens is 6. The standard InChI is InChI=1S/C26H30Cl2F4N4O3/c1-24(23(38)39)9-4-16(5-10-24)36-21(26(30,31)32)18(12-34-36)22(37)35(15-25(29)7-2-3-8-25)11-6-17-19(27)13-33-14-20(17)28/h12-14,16H,2-11,15H2,1H3,(H,38,39)/t16-,24-. The first-order chi connectivity index (χ1) is 18.2. The fourth-order valence-electron chi connectivity index (χ4n) is 5.63. The third-order valence-electron chi connectivity index (χ3n) is 8.06. The highest BCUT2D eigenvalue weighted by atomic mass is 35.5. The minimum Gasteiger partial charge on any atom is -0.481 e. The van der Waals surface area contributed by atoms with Crippen molar-refractivity contribution < 1.29 is 32.3 Å². The molecule has 2 fully saturated rings. The summed E-state index contributed by atoms with van der Waals surface area (Å²) < 4.78 is 59.5. The van der Waals surface area contributed by atoms with Crippen LogP contribution in [-0.2, 0) is 17.4 Å². The number of hydrogen-bond acceptors (Lipinski definition) is 4. The van der Waals surface area contributed by atoms with Crippen LogP contribution in [0.3, 0.4) is 0 Å². The molecule has 1 N–H and O–H groups in total. The Bertz CT molecular complexity index is 1200. The summed E-state index contributed by atoms with van der Waals surface area (Å²) in [6.45, 7) is 1.09. The van der Waals surface area contributed by atoms with Crippen LogP contribution < -0.4 is 0 Å². The largest absolute Gasteiger partial charge is 0.481 e. The van der Waals surface area contributed by atoms with E-state index in [4.69, 9.17) is 23.2 Å². The monoisotopic (exact) mass is 592 g/mol. The van der Waals surface area contributed by atoms with E-state index in [1.165, 1.54) is 12.4 Å². The Kier molecular flexibility index (Phi) is 8.52. The molecule has 0 spiro atoms. The van der Waals surface area contributed by atoms with Crippen molar-refractivity contribution in [3.63, 3.8) is 0 Å². The number of pyridine rings is 1. The van der Waals surface area contributed by atoms with Crippen molar-refractivity contribution in [1.82, 2.24) is 19.7 Å². The molecule has 0 aliphatic heterocycles. The predicted molar refractivity (Wildman–Crippen MR) is 137 cm³/mol. The van der Waals surface area contributed by atoms with Crippen molar-refractivity contribution in [2.24, 2.45) is 5.41 Å². The number of amides is 1. The predicted octanol–water partition coefficient (Wildman–Crippen LogP) is 6.78. The van der Waals surface area contributed by atoms with Gasteiger partial charge in [-0.1, -0.05) is 36.0 Å². The van der Waals surface area contributed by atoms with E-state index in [0.717, 1.165) is 15.8 Å². The van der Waals surface area contributed by atoms with Gasteiger partial charge in [0.2, 0.25) is 0 Å². The summed E-state index contributed by atoms with van der Waals surface area (Å²) in [5.74, 6) is -1.98. The molecule has 13 heteroatoms. The molecule has 2 saturated carbocycles. The van der Waals surface area contributed by atoms with Gasteiger partial charge in [-0.15, -0.1) is 0 Å². The Hall–Kier alpha value is -2.40. The third kappa shape index (κ3) is 6.34. The normalized spacial score (nSPS) is 23.1. The van der Waals surface area contributed by atoms with Gasteiger partial charge in [0.25, 0.3) is 5.91 Å². The molecule has 214 valence electrons. The quantitative estimate of drug-likeness (QED) is 0.341. The lowest BCUT2D eigenvalue weighted by atomic mass is 9.74. The van der Waals surface area contributed by atoms with E-state index in [9.17, 15) is 27.9 Å². The molecular weight excluding hydrogens is 563 g/mol. The fourth-order valence-corrected chi connectivity index (χ4v) is 6.19. The number of carboxylic acids is 1. The average Bonchev–Trinajstić information content (AvgIpc) is 3.50. The number of alkyl halides is 4. The minimum absolute atomic E-state index is 0.0912. The van der Waals surface area contributed by atoms with E-state index >= 15 is 4.39 Å². The molecule has 0 bridgehead atoms. The number of aromatic nitrogens is 3. The first kappa shape index (κ1) is 29.6. The van der Waals surface area contributed by atoms with Crippen molar-refractivity contribution in [2.45, 2.75) is 82.6 Å². The highest BCUT2D eigenvalue weighted by Gasteiger charge is 2.46. The van der Waals surface area contributed by atoms with Gasteiger partial charge in [0.1, 0.15) is 5.67 Å². The first-order valence-electron chi connectivity index (χ1n) is 12.9. The number of aliphatic carboxylic acids is 1. The molecule has 0 atom stereocenters. The van der Waals surface area contributed by atoms with Crippen LogP contribution in [-0.4, -0.2) is 55.4 Å². The van der Waals surface area contributed by atoms with Crippen LogP contribution in [0.5, 0.6) is 0 Å². The minimum atomic E-state index is -4.92. The van der Waals surface area contributed by atoms with Gasteiger partial charge in [-0.2, -0.15) is 18.3 Å². The average molecular weight is 593 g/mol. The van der Waals surface area contributed by atoms with Gasteiger partial charge in [0, 0.05) is 18.9 Å². The van der Waals surface area contributed by atoms with Crippen LogP contribution in [0.4, 0.5) is 17.6 Å². The molecule has 2 aliphatic rings. The van der Waals surface area contributed by atoms with Crippen LogP contribution >= 0.6 is 23.2 Å². The smallest absolute Gasteiger partial charge is 0.433 e. The Balaban J connectivity index is 1.65. The molecule has 7 nitrogen and oxygen atoms in total. The summed E-state index contributed by atoms with van der Waals surface area (Å²) in [5, 5.41) is 13.9. The van der Waals surface area contributed by atoms with Gasteiger partial charge in [0.05, 0.1) is 39.8 Å². The summed E-state index contributed by atoms with van der Waals surface area (Å²) in [6, 6.07) is -0.721. The lowest BCUT2D eigenvalue weighted by Crippen LogP contribution is -2.43. The second kappa shape index (κ2) is 11.2. The summed E-state index contributed by atoms with van der Waals surface area (Å²) in [5.41, 5.74) is -4.14. The SMILES string of the molecule is C[C@]1(C(=O)O)CC[C@H](n2ncc(C(=O)N(CCc3c(Cl)cncc3Cl)CC3(F)CCCC3)c2C(F)(F)F)CC1. The summed E-state index contributed by atoms with van der Waals surface area (Å²) in [4.78, 5) is 30.2. The number of rotatable bonds is 8. The van der Waals surface area contributed by atoms with E-state index in [2.05, 4.69) is 10.1 Å². The molecule has 2 aromatic rings. The van der Waals surface area contributed by atoms with Gasteiger partial charge >= 0.3 is 12.1 Å². The van der Waals surface area contributed by atoms with E-state index in [-0.39, 0.29) is 68.1 Å². The van der Waals surface area contributed by atoms with Crippen LogP contribution in [0, 0.1) is 5.41 Å². The summed E-state index contributed by atoms with van der Waals surface area (Å²) in [6.07, 6.45) is 1.16. The maximum atomic E-state index is 15.5. The summed E-state index contributed by atoms with van der Waals surface area (Å²) >= 11 is 12.4. The number of hydrogen-bond donors (Lipinski definition) is 1. The number of nitrogens with zero attached hydrogens (tertiary/aromatic N) is 4. The molecule has 2 aliphatic carbocycles. The lowest BCUT2D eigenvalue weighted by Gasteiger charge is -2.34. The molecule has 0 aromatic carbocycles. The molecule has 0 unspecified atom stereocenters. The zero-order valence-corrected chi connectivity index (χ0v) is 22.9. The van der Waals surface area contributed by atoms with E-state index in [1.54, 1.807) is 6.92 Å². The van der Waals surface area contributed by atoms with Crippen LogP contribution in [0.25, 0.3) is 0 Å². The van der Waals surface area contributed by atoms with Gasteiger partial charge < -0.3 is 10.0 Å². The van der Waals surface area contributed by atoms with Crippen molar-refractivity contribution in [3.05, 3.63) is 45.5 Å². The van der Waals surface area contributed by atoms with E-state index in [1.807, 2.05) is 0 Å². The molecule has 2 aromatic heterocycles. The maximum absolute atomic E-state index is 15.5. The van der Waals surface area contributed by atoms with Gasteiger partial charge in [-0.05, 0) is 57.4 Å². The van der Waals surface area contributed by atoms with Crippen LogP contribution in [0.1, 0.15) is 85.9 Å². The first-order valence-corrected chi connectivity index (χ1v) is 13.6. The van der Waals surface area contributed by atoms with Gasteiger partial charge in [-0.25, -0.2) is 4.39 Å². The third-order valence-corrected chi connectivity index (χ3v) is 8.71. The number of carboxylic acid groups (broad SMARTS) is 1. The second-order valence-electron chi connectivity index (χ2n) is 10.9. The van der Waals surface area contributed by atoms with Crippen molar-refractivity contribution in [2.75, 3.05) is 13.1 Å². The van der Waals surface area contributed by atoms with Crippen LogP contribution in [0.2, 0.25) is 10.0 Å². The number of carbonyl (C=O) groups excluding carboxylic acids is 1. The van der Waals surface area contributed by atoms with Crippen molar-refractivity contribution in [3.8, 4) is 0 Å². The van der Waals surface area contributed by atoms with Gasteiger partial charge in [-0.3, -0.25) is 19.3 Å². The Morgan fingerprint density at radius 1 is 1.10 bits per heavy atom. The molecule has 0 saturated heterocycles. The molecular formula is C26H30Cl2F4N4O3. The zero-order valence-electron chi connectivity index (χ0n) is 21.4. The highest BCUT2D eigenvalue weighted by molar-refractivity contribution is 6.35. The topological polar surface area (TPSA) is 88.3 Å². The molecule has 0 radical (unpaired) electrons. The van der Waals surface area contributed by atoms with Crippen LogP contribution in [0.15, 0.2) is 18.6 Å². The maximum Gasteiger partial charge on any atom is 0.433 e. The van der Waals surface area contributed by atoms with Crippen molar-refractivity contribution in [1.29, 1.82) is 0 Å². The number of carbonyl (C=O) groups is 2. The van der Waals surface area contributed by atoms with E-state index in [0.29, 0.717) is 18.4 Å².